The molecular formula is C13H13BrN4O3. The summed E-state index contributed by atoms with van der Waals surface area (Å²) in [5, 5.41) is 13.9. The largest absolute Gasteiger partial charge is 0.492 e. The zero-order valence-corrected chi connectivity index (χ0v) is 12.5. The predicted octanol–water partition coefficient (Wildman–Crippen LogP) is 2.83. The monoisotopic (exact) mass is 352 g/mol. The molecule has 7 nitrogen and oxygen atoms in total. The molecule has 0 amide bonds. The van der Waals surface area contributed by atoms with Crippen molar-refractivity contribution in [2.75, 3.05) is 24.2 Å². The van der Waals surface area contributed by atoms with Gasteiger partial charge < -0.3 is 15.8 Å². The van der Waals surface area contributed by atoms with E-state index in [4.69, 9.17) is 10.5 Å². The fourth-order valence-electron chi connectivity index (χ4n) is 1.65. The topological polar surface area (TPSA) is 103 Å². The normalized spacial score (nSPS) is 10.1. The minimum Gasteiger partial charge on any atom is -0.492 e. The molecule has 1 aromatic heterocycles. The van der Waals surface area contributed by atoms with Crippen LogP contribution in [0.5, 0.6) is 5.75 Å². The number of hydrogen-bond donors (Lipinski definition) is 2. The SMILES string of the molecule is Nc1ccc(OCCNc2c(Br)cncc2[N+](=O)[O-])cc1. The summed E-state index contributed by atoms with van der Waals surface area (Å²) in [5.74, 6) is 0.689. The van der Waals surface area contributed by atoms with Crippen LogP contribution in [0.15, 0.2) is 41.1 Å². The zero-order chi connectivity index (χ0) is 15.2. The molecule has 0 aliphatic carbocycles. The maximum Gasteiger partial charge on any atom is 0.311 e. The molecule has 0 aliphatic rings. The number of hydrogen-bond acceptors (Lipinski definition) is 6. The number of nitrogens with one attached hydrogen (secondary N) is 1. The first-order chi connectivity index (χ1) is 10.1. The quantitative estimate of drug-likeness (QED) is 0.358. The van der Waals surface area contributed by atoms with Crippen LogP contribution in [0.4, 0.5) is 17.1 Å². The molecule has 2 rings (SSSR count). The van der Waals surface area contributed by atoms with E-state index in [-0.39, 0.29) is 5.69 Å². The number of nitro groups is 1. The first kappa shape index (κ1) is 15.0. The van der Waals surface area contributed by atoms with Crippen molar-refractivity contribution in [1.29, 1.82) is 0 Å². The third kappa shape index (κ3) is 4.06. The lowest BCUT2D eigenvalue weighted by Crippen LogP contribution is -2.13. The Morgan fingerprint density at radius 2 is 2.05 bits per heavy atom. The number of nitrogen functional groups attached to an aromatic ring is 1. The van der Waals surface area contributed by atoms with Gasteiger partial charge in [0.1, 0.15) is 24.2 Å². The summed E-state index contributed by atoms with van der Waals surface area (Å²) in [6.07, 6.45) is 2.70. The van der Waals surface area contributed by atoms with Gasteiger partial charge in [0.15, 0.2) is 0 Å². The Labute approximate surface area is 129 Å². The van der Waals surface area contributed by atoms with Crippen molar-refractivity contribution in [1.82, 2.24) is 4.98 Å². The molecule has 8 heteroatoms. The number of pyridine rings is 1. The van der Waals surface area contributed by atoms with Crippen LogP contribution in [0.25, 0.3) is 0 Å². The van der Waals surface area contributed by atoms with Crippen LogP contribution in [0.2, 0.25) is 0 Å². The Hall–Kier alpha value is -2.35. The first-order valence-electron chi connectivity index (χ1n) is 6.08. The van der Waals surface area contributed by atoms with Gasteiger partial charge in [-0.25, -0.2) is 0 Å². The van der Waals surface area contributed by atoms with Gasteiger partial charge in [-0.05, 0) is 40.2 Å². The van der Waals surface area contributed by atoms with Crippen molar-refractivity contribution >= 4 is 33.0 Å². The average Bonchev–Trinajstić information content (AvgIpc) is 2.46. The van der Waals surface area contributed by atoms with Gasteiger partial charge in [0.25, 0.3) is 0 Å². The minimum absolute atomic E-state index is 0.0862. The molecule has 2 aromatic rings. The molecule has 0 radical (unpaired) electrons. The van der Waals surface area contributed by atoms with Crippen LogP contribution < -0.4 is 15.8 Å². The van der Waals surface area contributed by atoms with Crippen molar-refractivity contribution < 1.29 is 9.66 Å². The molecule has 0 atom stereocenters. The Kier molecular flexibility index (Phi) is 4.94. The molecular weight excluding hydrogens is 340 g/mol. The van der Waals surface area contributed by atoms with Gasteiger partial charge in [-0.1, -0.05) is 0 Å². The maximum atomic E-state index is 10.9. The number of ether oxygens (including phenoxy) is 1. The highest BCUT2D eigenvalue weighted by Gasteiger charge is 2.16. The molecule has 0 fully saturated rings. The van der Waals surface area contributed by atoms with Crippen LogP contribution in [-0.4, -0.2) is 23.1 Å². The van der Waals surface area contributed by atoms with Crippen molar-refractivity contribution in [2.24, 2.45) is 0 Å². The Balaban J connectivity index is 1.92. The van der Waals surface area contributed by atoms with Crippen LogP contribution >= 0.6 is 15.9 Å². The molecule has 0 aliphatic heterocycles. The fraction of sp³-hybridized carbons (Fsp3) is 0.154. The predicted molar refractivity (Wildman–Crippen MR) is 83.4 cm³/mol. The lowest BCUT2D eigenvalue weighted by Gasteiger charge is -2.10. The van der Waals surface area contributed by atoms with E-state index >= 15 is 0 Å². The van der Waals surface area contributed by atoms with Gasteiger partial charge in [-0.3, -0.25) is 15.1 Å². The van der Waals surface area contributed by atoms with Crippen LogP contribution in [0, 0.1) is 10.1 Å². The summed E-state index contributed by atoms with van der Waals surface area (Å²) in [7, 11) is 0. The van der Waals surface area contributed by atoms with E-state index in [0.29, 0.717) is 34.7 Å². The second-order valence-corrected chi connectivity index (χ2v) is 4.97. The molecule has 1 heterocycles. The van der Waals surface area contributed by atoms with E-state index in [9.17, 15) is 10.1 Å². The third-order valence-electron chi connectivity index (χ3n) is 2.63. The van der Waals surface area contributed by atoms with E-state index in [1.807, 2.05) is 0 Å². The highest BCUT2D eigenvalue weighted by molar-refractivity contribution is 9.10. The first-order valence-corrected chi connectivity index (χ1v) is 6.87. The Morgan fingerprint density at radius 1 is 1.33 bits per heavy atom. The molecule has 0 saturated heterocycles. The Morgan fingerprint density at radius 3 is 2.71 bits per heavy atom. The summed E-state index contributed by atoms with van der Waals surface area (Å²) >= 11 is 3.24. The lowest BCUT2D eigenvalue weighted by atomic mass is 10.3. The van der Waals surface area contributed by atoms with Gasteiger partial charge >= 0.3 is 5.69 Å². The molecule has 110 valence electrons. The number of benzene rings is 1. The standard InChI is InChI=1S/C13H13BrN4O3/c14-11-7-16-8-12(18(19)20)13(11)17-5-6-21-10-3-1-9(15)2-4-10/h1-4,7-8H,5-6,15H2,(H,16,17). The minimum atomic E-state index is -0.485. The summed E-state index contributed by atoms with van der Waals surface area (Å²) in [6.45, 7) is 0.768. The second-order valence-electron chi connectivity index (χ2n) is 4.12. The van der Waals surface area contributed by atoms with Crippen molar-refractivity contribution in [3.63, 3.8) is 0 Å². The van der Waals surface area contributed by atoms with Gasteiger partial charge in [0.05, 0.1) is 9.40 Å². The highest BCUT2D eigenvalue weighted by Crippen LogP contribution is 2.30. The van der Waals surface area contributed by atoms with E-state index in [1.165, 1.54) is 12.4 Å². The van der Waals surface area contributed by atoms with Gasteiger partial charge in [0.2, 0.25) is 0 Å². The number of nitrogens with two attached hydrogens (primary N) is 1. The van der Waals surface area contributed by atoms with Crippen LogP contribution in [-0.2, 0) is 0 Å². The second kappa shape index (κ2) is 6.89. The zero-order valence-electron chi connectivity index (χ0n) is 11.0. The highest BCUT2D eigenvalue weighted by atomic mass is 79.9. The van der Waals surface area contributed by atoms with E-state index < -0.39 is 4.92 Å². The number of nitrogens with zero attached hydrogens (tertiary/aromatic N) is 2. The molecule has 0 bridgehead atoms. The van der Waals surface area contributed by atoms with Crippen LogP contribution in [0.3, 0.4) is 0 Å². The van der Waals surface area contributed by atoms with Crippen molar-refractivity contribution in [3.05, 3.63) is 51.2 Å². The lowest BCUT2D eigenvalue weighted by molar-refractivity contribution is -0.384. The molecule has 1 aromatic carbocycles. The number of halogens is 1. The number of anilines is 2. The number of rotatable bonds is 6. The molecule has 0 unspecified atom stereocenters. The average molecular weight is 353 g/mol. The number of aromatic nitrogens is 1. The van der Waals surface area contributed by atoms with E-state index in [2.05, 4.69) is 26.2 Å². The summed E-state index contributed by atoms with van der Waals surface area (Å²) in [6, 6.07) is 7.01. The van der Waals surface area contributed by atoms with Gasteiger partial charge in [-0.2, -0.15) is 0 Å². The van der Waals surface area contributed by atoms with Crippen molar-refractivity contribution in [3.8, 4) is 5.75 Å². The third-order valence-corrected chi connectivity index (χ3v) is 3.23. The van der Waals surface area contributed by atoms with Gasteiger partial charge in [-0.15, -0.1) is 0 Å². The Bertz CT molecular complexity index is 634. The fourth-order valence-corrected chi connectivity index (χ4v) is 2.11. The van der Waals surface area contributed by atoms with E-state index in [1.54, 1.807) is 24.3 Å². The summed E-state index contributed by atoms with van der Waals surface area (Å²) in [4.78, 5) is 14.2. The van der Waals surface area contributed by atoms with Crippen molar-refractivity contribution in [2.45, 2.75) is 0 Å². The molecule has 21 heavy (non-hydrogen) atoms. The summed E-state index contributed by atoms with van der Waals surface area (Å²) < 4.78 is 6.04. The summed E-state index contributed by atoms with van der Waals surface area (Å²) in [5.41, 5.74) is 6.54. The maximum absolute atomic E-state index is 10.9. The van der Waals surface area contributed by atoms with Gasteiger partial charge in [0, 0.05) is 18.4 Å². The smallest absolute Gasteiger partial charge is 0.311 e. The van der Waals surface area contributed by atoms with E-state index in [0.717, 1.165) is 0 Å². The molecule has 0 saturated carbocycles. The van der Waals surface area contributed by atoms with Crippen LogP contribution in [0.1, 0.15) is 0 Å². The molecule has 0 spiro atoms. The molecule has 3 N–H and O–H groups in total.